The fourth-order valence-corrected chi connectivity index (χ4v) is 4.47. The number of ether oxygens (including phenoxy) is 1. The summed E-state index contributed by atoms with van der Waals surface area (Å²) in [5.74, 6) is -0.0126. The van der Waals surface area contributed by atoms with Gasteiger partial charge in [0.15, 0.2) is 0 Å². The van der Waals surface area contributed by atoms with Crippen molar-refractivity contribution in [2.75, 3.05) is 7.11 Å². The monoisotopic (exact) mass is 328 g/mol. The van der Waals surface area contributed by atoms with E-state index in [1.165, 1.54) is 17.6 Å². The molecule has 1 saturated carbocycles. The van der Waals surface area contributed by atoms with Gasteiger partial charge in [0.25, 0.3) is 0 Å². The van der Waals surface area contributed by atoms with Gasteiger partial charge < -0.3 is 4.74 Å². The van der Waals surface area contributed by atoms with E-state index in [2.05, 4.69) is 41.1 Å². The number of thioether (sulfide) groups is 1. The SMILES string of the molecule is COC(=O)[C@H]1CCC[C@@H]1Sc1ccc(C)cc1Br. The first kappa shape index (κ1) is 13.9. The number of hydrogen-bond donors (Lipinski definition) is 0. The fraction of sp³-hybridized carbons (Fsp3) is 0.500. The Morgan fingerprint density at radius 2 is 2.22 bits per heavy atom. The summed E-state index contributed by atoms with van der Waals surface area (Å²) in [5.41, 5.74) is 1.24. The minimum atomic E-state index is -0.0618. The third-order valence-electron chi connectivity index (χ3n) is 3.32. The molecule has 0 bridgehead atoms. The molecule has 1 aromatic rings. The van der Waals surface area contributed by atoms with E-state index >= 15 is 0 Å². The Kier molecular flexibility index (Phi) is 4.73. The standard InChI is InChI=1S/C14H17BrO2S/c1-9-6-7-13(11(15)8-9)18-12-5-3-4-10(12)14(16)17-2/h6-8,10,12H,3-5H2,1-2H3/t10-,12-/m0/s1. The number of halogens is 1. The van der Waals surface area contributed by atoms with E-state index in [0.29, 0.717) is 5.25 Å². The summed E-state index contributed by atoms with van der Waals surface area (Å²) < 4.78 is 6.00. The van der Waals surface area contributed by atoms with Crippen LogP contribution in [0.1, 0.15) is 24.8 Å². The van der Waals surface area contributed by atoms with Crippen LogP contribution in [0.15, 0.2) is 27.6 Å². The van der Waals surface area contributed by atoms with E-state index in [0.717, 1.165) is 23.7 Å². The molecule has 2 atom stereocenters. The van der Waals surface area contributed by atoms with Crippen molar-refractivity contribution in [3.05, 3.63) is 28.2 Å². The van der Waals surface area contributed by atoms with Crippen molar-refractivity contribution in [1.29, 1.82) is 0 Å². The Bertz CT molecular complexity index is 447. The molecule has 18 heavy (non-hydrogen) atoms. The molecular weight excluding hydrogens is 312 g/mol. The second kappa shape index (κ2) is 6.11. The quantitative estimate of drug-likeness (QED) is 0.778. The predicted octanol–water partition coefficient (Wildman–Crippen LogP) is 4.19. The highest BCUT2D eigenvalue weighted by molar-refractivity contribution is 9.10. The van der Waals surface area contributed by atoms with E-state index in [9.17, 15) is 4.79 Å². The number of hydrogen-bond acceptors (Lipinski definition) is 3. The highest BCUT2D eigenvalue weighted by Gasteiger charge is 2.34. The third kappa shape index (κ3) is 3.09. The summed E-state index contributed by atoms with van der Waals surface area (Å²) in [6, 6.07) is 6.34. The largest absolute Gasteiger partial charge is 0.469 e. The molecule has 2 rings (SSSR count). The van der Waals surface area contributed by atoms with Gasteiger partial charge in [0.05, 0.1) is 13.0 Å². The van der Waals surface area contributed by atoms with Crippen molar-refractivity contribution in [1.82, 2.24) is 0 Å². The van der Waals surface area contributed by atoms with Gasteiger partial charge in [-0.15, -0.1) is 11.8 Å². The highest BCUT2D eigenvalue weighted by atomic mass is 79.9. The number of aryl methyl sites for hydroxylation is 1. The van der Waals surface area contributed by atoms with Gasteiger partial charge in [-0.3, -0.25) is 4.79 Å². The van der Waals surface area contributed by atoms with Crippen molar-refractivity contribution in [2.24, 2.45) is 5.92 Å². The van der Waals surface area contributed by atoms with Crippen LogP contribution in [0.4, 0.5) is 0 Å². The second-order valence-electron chi connectivity index (χ2n) is 4.65. The van der Waals surface area contributed by atoms with Crippen LogP contribution in [0, 0.1) is 12.8 Å². The van der Waals surface area contributed by atoms with Crippen LogP contribution in [0.2, 0.25) is 0 Å². The molecule has 98 valence electrons. The Labute approximate surface area is 121 Å². The molecule has 1 aliphatic carbocycles. The molecule has 0 amide bonds. The summed E-state index contributed by atoms with van der Waals surface area (Å²) in [5, 5.41) is 0.344. The fourth-order valence-electron chi connectivity index (χ4n) is 2.35. The summed E-state index contributed by atoms with van der Waals surface area (Å²) in [6.07, 6.45) is 3.15. The van der Waals surface area contributed by atoms with Crippen molar-refractivity contribution in [2.45, 2.75) is 36.3 Å². The lowest BCUT2D eigenvalue weighted by molar-refractivity contribution is -0.144. The maximum atomic E-state index is 11.7. The van der Waals surface area contributed by atoms with Crippen molar-refractivity contribution >= 4 is 33.7 Å². The molecule has 1 aromatic carbocycles. The molecule has 0 saturated heterocycles. The topological polar surface area (TPSA) is 26.3 Å². The number of benzene rings is 1. The Hall–Kier alpha value is -0.480. The van der Waals surface area contributed by atoms with E-state index in [1.807, 2.05) is 0 Å². The van der Waals surface area contributed by atoms with Gasteiger partial charge in [0.1, 0.15) is 0 Å². The average molecular weight is 329 g/mol. The molecule has 2 nitrogen and oxygen atoms in total. The first-order valence-corrected chi connectivity index (χ1v) is 7.79. The van der Waals surface area contributed by atoms with Crippen LogP contribution in [-0.2, 0) is 9.53 Å². The lowest BCUT2D eigenvalue weighted by Gasteiger charge is -2.17. The first-order valence-electron chi connectivity index (χ1n) is 6.12. The zero-order valence-corrected chi connectivity index (χ0v) is 13.0. The molecule has 1 aliphatic rings. The molecule has 0 aliphatic heterocycles. The number of methoxy groups -OCH3 is 1. The van der Waals surface area contributed by atoms with Crippen LogP contribution in [0.25, 0.3) is 0 Å². The van der Waals surface area contributed by atoms with E-state index in [1.54, 1.807) is 11.8 Å². The van der Waals surface area contributed by atoms with Crippen LogP contribution in [0.3, 0.4) is 0 Å². The molecule has 1 fully saturated rings. The van der Waals surface area contributed by atoms with Crippen LogP contribution >= 0.6 is 27.7 Å². The van der Waals surface area contributed by atoms with Crippen LogP contribution in [-0.4, -0.2) is 18.3 Å². The molecule has 0 heterocycles. The second-order valence-corrected chi connectivity index (χ2v) is 6.79. The van der Waals surface area contributed by atoms with Gasteiger partial charge >= 0.3 is 5.97 Å². The maximum absolute atomic E-state index is 11.7. The third-order valence-corrected chi connectivity index (χ3v) is 5.72. The maximum Gasteiger partial charge on any atom is 0.309 e. The Morgan fingerprint density at radius 1 is 1.44 bits per heavy atom. The molecule has 4 heteroatoms. The predicted molar refractivity (Wildman–Crippen MR) is 77.9 cm³/mol. The van der Waals surface area contributed by atoms with Crippen molar-refractivity contribution in [3.8, 4) is 0 Å². The Morgan fingerprint density at radius 3 is 2.89 bits per heavy atom. The molecule has 0 radical (unpaired) electrons. The minimum absolute atomic E-state index is 0.0493. The zero-order valence-electron chi connectivity index (χ0n) is 10.6. The first-order chi connectivity index (χ1) is 8.61. The smallest absolute Gasteiger partial charge is 0.309 e. The summed E-state index contributed by atoms with van der Waals surface area (Å²) >= 11 is 5.38. The van der Waals surface area contributed by atoms with Gasteiger partial charge in [0, 0.05) is 14.6 Å². The van der Waals surface area contributed by atoms with Gasteiger partial charge in [-0.25, -0.2) is 0 Å². The van der Waals surface area contributed by atoms with Gasteiger partial charge in [-0.2, -0.15) is 0 Å². The van der Waals surface area contributed by atoms with E-state index in [-0.39, 0.29) is 11.9 Å². The number of carbonyl (C=O) groups is 1. The molecule has 0 unspecified atom stereocenters. The van der Waals surface area contributed by atoms with Crippen molar-refractivity contribution in [3.63, 3.8) is 0 Å². The Balaban J connectivity index is 2.10. The molecule has 0 spiro atoms. The van der Waals surface area contributed by atoms with Gasteiger partial charge in [-0.1, -0.05) is 12.5 Å². The van der Waals surface area contributed by atoms with Crippen LogP contribution < -0.4 is 0 Å². The number of rotatable bonds is 3. The zero-order chi connectivity index (χ0) is 13.1. The lowest BCUT2D eigenvalue weighted by atomic mass is 10.1. The highest BCUT2D eigenvalue weighted by Crippen LogP contribution is 2.41. The van der Waals surface area contributed by atoms with Gasteiger partial charge in [-0.05, 0) is 53.4 Å². The number of carbonyl (C=O) groups excluding carboxylic acids is 1. The summed E-state index contributed by atoms with van der Waals surface area (Å²) in [7, 11) is 1.48. The van der Waals surface area contributed by atoms with E-state index in [4.69, 9.17) is 4.74 Å². The lowest BCUT2D eigenvalue weighted by Crippen LogP contribution is -2.21. The number of esters is 1. The minimum Gasteiger partial charge on any atom is -0.469 e. The molecule has 0 aromatic heterocycles. The molecular formula is C14H17BrO2S. The summed E-state index contributed by atoms with van der Waals surface area (Å²) in [4.78, 5) is 12.9. The van der Waals surface area contributed by atoms with E-state index < -0.39 is 0 Å². The van der Waals surface area contributed by atoms with Crippen LogP contribution in [0.5, 0.6) is 0 Å². The average Bonchev–Trinajstić information content (AvgIpc) is 2.80. The van der Waals surface area contributed by atoms with Gasteiger partial charge in [0.2, 0.25) is 0 Å². The summed E-state index contributed by atoms with van der Waals surface area (Å²) in [6.45, 7) is 2.08. The van der Waals surface area contributed by atoms with Crippen molar-refractivity contribution < 1.29 is 9.53 Å². The molecule has 0 N–H and O–H groups in total. The normalized spacial score (nSPS) is 23.1.